The third-order valence-electron chi connectivity index (χ3n) is 3.07. The van der Waals surface area contributed by atoms with E-state index in [9.17, 15) is 13.9 Å². The van der Waals surface area contributed by atoms with Crippen molar-refractivity contribution in [3.8, 4) is 0 Å². The first-order valence-electron chi connectivity index (χ1n) is 6.20. The van der Waals surface area contributed by atoms with E-state index in [4.69, 9.17) is 11.6 Å². The van der Waals surface area contributed by atoms with Gasteiger partial charge < -0.3 is 5.11 Å². The summed E-state index contributed by atoms with van der Waals surface area (Å²) in [5.41, 5.74) is 0.943. The van der Waals surface area contributed by atoms with Crippen molar-refractivity contribution in [1.82, 2.24) is 4.98 Å². The van der Waals surface area contributed by atoms with Crippen LogP contribution in [0.2, 0.25) is 5.02 Å². The Morgan fingerprint density at radius 3 is 2.45 bits per heavy atom. The fourth-order valence-electron chi connectivity index (χ4n) is 2.09. The third-order valence-corrected chi connectivity index (χ3v) is 3.30. The molecule has 0 spiro atoms. The van der Waals surface area contributed by atoms with Crippen molar-refractivity contribution in [2.45, 2.75) is 19.4 Å². The molecule has 0 radical (unpaired) electrons. The Kier molecular flexibility index (Phi) is 4.68. The van der Waals surface area contributed by atoms with Gasteiger partial charge in [0.15, 0.2) is 0 Å². The second-order valence-electron chi connectivity index (χ2n) is 4.80. The van der Waals surface area contributed by atoms with Crippen LogP contribution in [0.25, 0.3) is 0 Å². The molecule has 20 heavy (non-hydrogen) atoms. The first kappa shape index (κ1) is 14.9. The number of aromatic nitrogens is 1. The van der Waals surface area contributed by atoms with Gasteiger partial charge in [-0.05, 0) is 42.2 Å². The molecule has 106 valence electrons. The Hall–Kier alpha value is -1.52. The van der Waals surface area contributed by atoms with E-state index in [1.54, 1.807) is 19.1 Å². The smallest absolute Gasteiger partial charge is 0.126 e. The van der Waals surface area contributed by atoms with Crippen LogP contribution in [-0.4, -0.2) is 10.1 Å². The second-order valence-corrected chi connectivity index (χ2v) is 5.24. The summed E-state index contributed by atoms with van der Waals surface area (Å²) < 4.78 is 26.2. The van der Waals surface area contributed by atoms with E-state index in [0.717, 1.165) is 6.07 Å². The largest absolute Gasteiger partial charge is 0.387 e. The third kappa shape index (κ3) is 3.74. The zero-order chi connectivity index (χ0) is 14.7. The summed E-state index contributed by atoms with van der Waals surface area (Å²) in [7, 11) is 0. The number of rotatable bonds is 4. The summed E-state index contributed by atoms with van der Waals surface area (Å²) >= 11 is 5.85. The summed E-state index contributed by atoms with van der Waals surface area (Å²) in [6.07, 6.45) is 1.000. The molecule has 0 aliphatic heterocycles. The number of hydrogen-bond acceptors (Lipinski definition) is 2. The number of nitrogens with zero attached hydrogens (tertiary/aromatic N) is 1. The van der Waals surface area contributed by atoms with Gasteiger partial charge >= 0.3 is 0 Å². The number of halogens is 3. The maximum Gasteiger partial charge on any atom is 0.126 e. The van der Waals surface area contributed by atoms with Crippen LogP contribution in [0.1, 0.15) is 24.3 Å². The van der Waals surface area contributed by atoms with Gasteiger partial charge in [-0.3, -0.25) is 4.98 Å². The van der Waals surface area contributed by atoms with Crippen LogP contribution < -0.4 is 0 Å². The van der Waals surface area contributed by atoms with Gasteiger partial charge in [0.05, 0.1) is 11.8 Å². The summed E-state index contributed by atoms with van der Waals surface area (Å²) in [4.78, 5) is 4.05. The quantitative estimate of drug-likeness (QED) is 0.927. The lowest BCUT2D eigenvalue weighted by molar-refractivity contribution is 0.113. The molecule has 0 fully saturated rings. The number of benzene rings is 1. The molecule has 1 aromatic carbocycles. The van der Waals surface area contributed by atoms with Crippen molar-refractivity contribution in [2.75, 3.05) is 0 Å². The lowest BCUT2D eigenvalue weighted by Crippen LogP contribution is -2.13. The highest BCUT2D eigenvalue weighted by Gasteiger charge is 2.19. The molecule has 0 amide bonds. The molecule has 2 aromatic rings. The number of aliphatic hydroxyl groups excluding tert-OH is 1. The minimum absolute atomic E-state index is 0.248. The van der Waals surface area contributed by atoms with Crippen LogP contribution in [0.4, 0.5) is 8.78 Å². The van der Waals surface area contributed by atoms with Crippen molar-refractivity contribution in [2.24, 2.45) is 5.92 Å². The van der Waals surface area contributed by atoms with E-state index < -0.39 is 17.7 Å². The molecule has 1 heterocycles. The normalized spacial score (nSPS) is 14.1. The highest BCUT2D eigenvalue weighted by molar-refractivity contribution is 6.30. The second kappa shape index (κ2) is 6.29. The van der Waals surface area contributed by atoms with E-state index in [2.05, 4.69) is 4.98 Å². The molecule has 0 unspecified atom stereocenters. The zero-order valence-corrected chi connectivity index (χ0v) is 11.6. The molecule has 0 aliphatic carbocycles. The van der Waals surface area contributed by atoms with Crippen LogP contribution in [0.15, 0.2) is 36.5 Å². The summed E-state index contributed by atoms with van der Waals surface area (Å²) in [6.45, 7) is 1.79. The average molecular weight is 298 g/mol. The molecular formula is C15H14ClF2NO. The standard InChI is InChI=1S/C15H14ClF2NO/c1-9(4-10-5-12(17)8-13(18)6-10)15(20)14-7-11(16)2-3-19-14/h2-3,5-9,15,20H,4H2,1H3/t9-,15-/m0/s1. The monoisotopic (exact) mass is 297 g/mol. The Bertz CT molecular complexity index is 586. The Morgan fingerprint density at radius 1 is 1.20 bits per heavy atom. The molecule has 0 bridgehead atoms. The molecule has 1 N–H and O–H groups in total. The number of pyridine rings is 1. The topological polar surface area (TPSA) is 33.1 Å². The number of aliphatic hydroxyl groups is 1. The average Bonchev–Trinajstić information content (AvgIpc) is 2.36. The Labute approximate surface area is 121 Å². The van der Waals surface area contributed by atoms with Gasteiger partial charge in [0.1, 0.15) is 11.6 Å². The fourth-order valence-corrected chi connectivity index (χ4v) is 2.25. The molecule has 0 aliphatic rings. The van der Waals surface area contributed by atoms with Gasteiger partial charge in [-0.15, -0.1) is 0 Å². The van der Waals surface area contributed by atoms with Crippen LogP contribution >= 0.6 is 11.6 Å². The van der Waals surface area contributed by atoms with E-state index in [1.807, 2.05) is 0 Å². The fraction of sp³-hybridized carbons (Fsp3) is 0.267. The Balaban J connectivity index is 2.13. The highest BCUT2D eigenvalue weighted by atomic mass is 35.5. The van der Waals surface area contributed by atoms with Gasteiger partial charge in [-0.2, -0.15) is 0 Å². The van der Waals surface area contributed by atoms with Crippen molar-refractivity contribution < 1.29 is 13.9 Å². The van der Waals surface area contributed by atoms with Crippen LogP contribution in [0.5, 0.6) is 0 Å². The van der Waals surface area contributed by atoms with Gasteiger partial charge in [-0.1, -0.05) is 18.5 Å². The van der Waals surface area contributed by atoms with Gasteiger partial charge in [0.25, 0.3) is 0 Å². The molecule has 2 atom stereocenters. The van der Waals surface area contributed by atoms with E-state index in [1.165, 1.54) is 18.3 Å². The predicted molar refractivity (Wildman–Crippen MR) is 73.4 cm³/mol. The van der Waals surface area contributed by atoms with E-state index in [0.29, 0.717) is 22.7 Å². The molecule has 2 rings (SSSR count). The summed E-state index contributed by atoms with van der Waals surface area (Å²) in [5.74, 6) is -1.49. The Morgan fingerprint density at radius 2 is 1.85 bits per heavy atom. The zero-order valence-electron chi connectivity index (χ0n) is 10.9. The molecule has 0 saturated carbocycles. The molecule has 0 saturated heterocycles. The van der Waals surface area contributed by atoms with Crippen LogP contribution in [-0.2, 0) is 6.42 Å². The molecular weight excluding hydrogens is 284 g/mol. The van der Waals surface area contributed by atoms with Crippen molar-refractivity contribution in [3.63, 3.8) is 0 Å². The first-order chi connectivity index (χ1) is 9.45. The van der Waals surface area contributed by atoms with Gasteiger partial charge in [0.2, 0.25) is 0 Å². The van der Waals surface area contributed by atoms with Crippen LogP contribution in [0.3, 0.4) is 0 Å². The lowest BCUT2D eigenvalue weighted by Gasteiger charge is -2.18. The van der Waals surface area contributed by atoms with Crippen LogP contribution in [0, 0.1) is 17.6 Å². The highest BCUT2D eigenvalue weighted by Crippen LogP contribution is 2.25. The van der Waals surface area contributed by atoms with Crippen molar-refractivity contribution in [1.29, 1.82) is 0 Å². The van der Waals surface area contributed by atoms with E-state index >= 15 is 0 Å². The van der Waals surface area contributed by atoms with Gasteiger partial charge in [0, 0.05) is 17.3 Å². The first-order valence-corrected chi connectivity index (χ1v) is 6.58. The van der Waals surface area contributed by atoms with E-state index in [-0.39, 0.29) is 5.92 Å². The van der Waals surface area contributed by atoms with Gasteiger partial charge in [-0.25, -0.2) is 8.78 Å². The molecule has 2 nitrogen and oxygen atoms in total. The summed E-state index contributed by atoms with van der Waals surface area (Å²) in [6, 6.07) is 6.54. The maximum atomic E-state index is 13.1. The lowest BCUT2D eigenvalue weighted by atomic mass is 9.93. The minimum Gasteiger partial charge on any atom is -0.387 e. The maximum absolute atomic E-state index is 13.1. The number of hydrogen-bond donors (Lipinski definition) is 1. The molecule has 5 heteroatoms. The molecule has 1 aromatic heterocycles. The van der Waals surface area contributed by atoms with Crippen molar-refractivity contribution >= 4 is 11.6 Å². The predicted octanol–water partition coefficient (Wildman–Crippen LogP) is 3.93. The SMILES string of the molecule is C[C@@H](Cc1cc(F)cc(F)c1)[C@H](O)c1cc(Cl)ccn1. The van der Waals surface area contributed by atoms with Crippen molar-refractivity contribution in [3.05, 3.63) is 64.4 Å². The minimum atomic E-state index is -0.847. The summed E-state index contributed by atoms with van der Waals surface area (Å²) in [5, 5.41) is 10.7.